The minimum absolute atomic E-state index is 0.0643. The van der Waals surface area contributed by atoms with Crippen LogP contribution in [0.4, 0.5) is 8.63 Å². The van der Waals surface area contributed by atoms with Gasteiger partial charge in [0.2, 0.25) is 4.88 Å². The molecule has 2 heterocycles. The second-order valence-electron chi connectivity index (χ2n) is 3.01. The topological polar surface area (TPSA) is 18.5 Å². The van der Waals surface area contributed by atoms with Gasteiger partial charge in [-0.25, -0.2) is 0 Å². The summed E-state index contributed by atoms with van der Waals surface area (Å²) in [6, 6.07) is 3.46. The number of thiophene rings is 1. The molecule has 15 heavy (non-hydrogen) atoms. The Balaban J connectivity index is 2.29. The van der Waals surface area contributed by atoms with E-state index in [1.807, 2.05) is 0 Å². The van der Waals surface area contributed by atoms with Crippen molar-refractivity contribution in [1.29, 1.82) is 0 Å². The van der Waals surface area contributed by atoms with Crippen molar-refractivity contribution in [2.75, 3.05) is 0 Å². The molecule has 1 aromatic heterocycles. The minimum Gasteiger partial charge on any atom is -0.600 e. The SMILES string of the molecule is CC1[C+]=C(c2ccc(Br)s2)O[B-](F)(F)O1. The number of halogens is 3. The summed E-state index contributed by atoms with van der Waals surface area (Å²) in [6.45, 7) is 1.50. The molecule has 80 valence electrons. The van der Waals surface area contributed by atoms with E-state index in [0.29, 0.717) is 4.88 Å². The maximum atomic E-state index is 12.9. The molecule has 0 spiro atoms. The molecule has 0 fully saturated rings. The van der Waals surface area contributed by atoms with Crippen LogP contribution in [0, 0.1) is 6.08 Å². The van der Waals surface area contributed by atoms with Gasteiger partial charge in [0.05, 0.1) is 3.79 Å². The third kappa shape index (κ3) is 2.55. The third-order valence-corrected chi connectivity index (χ3v) is 3.37. The Bertz CT molecular complexity index is 407. The first-order valence-corrected chi connectivity index (χ1v) is 5.83. The second kappa shape index (κ2) is 3.83. The summed E-state index contributed by atoms with van der Waals surface area (Å²) in [4.78, 5) is 0.610. The molecular weight excluding hydrogens is 289 g/mol. The summed E-state index contributed by atoms with van der Waals surface area (Å²) < 4.78 is 35.5. The van der Waals surface area contributed by atoms with Gasteiger partial charge < -0.3 is 17.9 Å². The van der Waals surface area contributed by atoms with Crippen LogP contribution in [0.3, 0.4) is 0 Å². The summed E-state index contributed by atoms with van der Waals surface area (Å²) in [5.41, 5.74) is 0. The molecular formula is C8H6BBrF2O2S. The largest absolute Gasteiger partial charge is 0.668 e. The molecule has 1 unspecified atom stereocenters. The highest BCUT2D eigenvalue weighted by atomic mass is 79.9. The first-order valence-electron chi connectivity index (χ1n) is 4.22. The Morgan fingerprint density at radius 2 is 2.27 bits per heavy atom. The molecule has 7 heteroatoms. The van der Waals surface area contributed by atoms with Crippen LogP contribution in [0.15, 0.2) is 15.9 Å². The maximum absolute atomic E-state index is 12.9. The zero-order valence-electron chi connectivity index (χ0n) is 7.67. The fourth-order valence-electron chi connectivity index (χ4n) is 1.22. The van der Waals surface area contributed by atoms with Crippen molar-refractivity contribution in [3.8, 4) is 0 Å². The molecule has 0 amide bonds. The highest BCUT2D eigenvalue weighted by molar-refractivity contribution is 9.11. The van der Waals surface area contributed by atoms with E-state index in [2.05, 4.69) is 31.3 Å². The van der Waals surface area contributed by atoms with Gasteiger partial charge in [0.25, 0.3) is 0 Å². The number of rotatable bonds is 1. The predicted octanol–water partition coefficient (Wildman–Crippen LogP) is 3.46. The van der Waals surface area contributed by atoms with E-state index in [1.54, 1.807) is 12.1 Å². The predicted molar refractivity (Wildman–Crippen MR) is 58.3 cm³/mol. The van der Waals surface area contributed by atoms with Crippen LogP contribution in [0.1, 0.15) is 11.8 Å². The highest BCUT2D eigenvalue weighted by Gasteiger charge is 2.42. The van der Waals surface area contributed by atoms with Crippen molar-refractivity contribution in [3.05, 3.63) is 26.9 Å². The molecule has 0 N–H and O–H groups in total. The van der Waals surface area contributed by atoms with Crippen molar-refractivity contribution in [2.24, 2.45) is 0 Å². The van der Waals surface area contributed by atoms with Crippen LogP contribution in [0.25, 0.3) is 5.76 Å². The monoisotopic (exact) mass is 294 g/mol. The van der Waals surface area contributed by atoms with Gasteiger partial charge in [-0.3, -0.25) is 0 Å². The van der Waals surface area contributed by atoms with Crippen LogP contribution in [0.2, 0.25) is 0 Å². The highest BCUT2D eigenvalue weighted by Crippen LogP contribution is 2.34. The molecule has 0 saturated heterocycles. The Labute approximate surface area is 98.1 Å². The molecule has 1 aliphatic rings. The van der Waals surface area contributed by atoms with Gasteiger partial charge in [-0.15, -0.1) is 0 Å². The van der Waals surface area contributed by atoms with E-state index in [4.69, 9.17) is 0 Å². The Morgan fingerprint density at radius 3 is 2.80 bits per heavy atom. The third-order valence-electron chi connectivity index (χ3n) is 1.75. The van der Waals surface area contributed by atoms with Gasteiger partial charge in [0.15, 0.2) is 6.10 Å². The van der Waals surface area contributed by atoms with E-state index < -0.39 is 13.2 Å². The second-order valence-corrected chi connectivity index (χ2v) is 5.47. The number of hydrogen-bond donors (Lipinski definition) is 0. The van der Waals surface area contributed by atoms with Gasteiger partial charge in [-0.1, -0.05) is 0 Å². The van der Waals surface area contributed by atoms with Crippen molar-refractivity contribution < 1.29 is 17.9 Å². The van der Waals surface area contributed by atoms with Gasteiger partial charge in [0.1, 0.15) is 6.08 Å². The summed E-state index contributed by atoms with van der Waals surface area (Å²) in [5, 5.41) is 0. The fourth-order valence-corrected chi connectivity index (χ4v) is 2.56. The van der Waals surface area contributed by atoms with Crippen LogP contribution < -0.4 is 0 Å². The van der Waals surface area contributed by atoms with Crippen LogP contribution in [0.5, 0.6) is 0 Å². The van der Waals surface area contributed by atoms with Crippen LogP contribution in [-0.4, -0.2) is 13.2 Å². The summed E-state index contributed by atoms with van der Waals surface area (Å²) in [6.07, 6.45) is 1.94. The molecule has 0 bridgehead atoms. The van der Waals surface area contributed by atoms with E-state index in [-0.39, 0.29) is 5.76 Å². The van der Waals surface area contributed by atoms with Gasteiger partial charge >= 0.3 is 12.9 Å². The Hall–Kier alpha value is -0.485. The molecule has 0 aliphatic carbocycles. The minimum atomic E-state index is -4.21. The zero-order chi connectivity index (χ0) is 11.1. The lowest BCUT2D eigenvalue weighted by molar-refractivity contribution is 0.0908. The van der Waals surface area contributed by atoms with Crippen molar-refractivity contribution in [2.45, 2.75) is 13.0 Å². The lowest BCUT2D eigenvalue weighted by Gasteiger charge is -2.29. The van der Waals surface area contributed by atoms with E-state index >= 15 is 0 Å². The fraction of sp³-hybridized carbons (Fsp3) is 0.250. The summed E-state index contributed by atoms with van der Waals surface area (Å²) in [5.74, 6) is 0.0643. The van der Waals surface area contributed by atoms with Gasteiger partial charge in [-0.05, 0) is 40.3 Å². The molecule has 1 aromatic rings. The average molecular weight is 295 g/mol. The first kappa shape index (κ1) is 11.0. The normalized spacial score (nSPS) is 24.0. The smallest absolute Gasteiger partial charge is 0.600 e. The Morgan fingerprint density at radius 1 is 1.53 bits per heavy atom. The van der Waals surface area contributed by atoms with Crippen LogP contribution >= 0.6 is 27.3 Å². The van der Waals surface area contributed by atoms with Gasteiger partial charge in [0, 0.05) is 6.07 Å². The lowest BCUT2D eigenvalue weighted by atomic mass is 10.1. The molecule has 0 saturated carbocycles. The zero-order valence-corrected chi connectivity index (χ0v) is 10.1. The van der Waals surface area contributed by atoms with E-state index in [1.165, 1.54) is 18.3 Å². The molecule has 2 rings (SSSR count). The summed E-state index contributed by atoms with van der Waals surface area (Å²) in [7, 11) is -4.21. The molecule has 0 aromatic carbocycles. The first-order chi connectivity index (χ1) is 6.96. The van der Waals surface area contributed by atoms with Crippen molar-refractivity contribution in [1.82, 2.24) is 0 Å². The van der Waals surface area contributed by atoms with Gasteiger partial charge in [-0.2, -0.15) is 0 Å². The van der Waals surface area contributed by atoms with E-state index in [9.17, 15) is 8.63 Å². The lowest BCUT2D eigenvalue weighted by Crippen LogP contribution is -2.38. The molecule has 1 atom stereocenters. The van der Waals surface area contributed by atoms with Crippen molar-refractivity contribution >= 4 is 40.1 Å². The summed E-state index contributed by atoms with van der Waals surface area (Å²) >= 11 is 4.56. The standard InChI is InChI=1S/C8H6BBrF2O2S/c1-5-4-6(14-9(11,12)13-5)7-2-3-8(10)15-7/h2-3,5H,1H3. The van der Waals surface area contributed by atoms with Crippen LogP contribution in [-0.2, 0) is 9.31 Å². The molecule has 0 radical (unpaired) electrons. The average Bonchev–Trinajstić information content (AvgIpc) is 2.48. The van der Waals surface area contributed by atoms with E-state index in [0.717, 1.165) is 3.79 Å². The maximum Gasteiger partial charge on any atom is 0.668 e. The Kier molecular flexibility index (Phi) is 2.81. The quantitative estimate of drug-likeness (QED) is 0.583. The molecule has 1 aliphatic heterocycles. The molecule has 2 nitrogen and oxygen atoms in total. The number of hydrogen-bond acceptors (Lipinski definition) is 3. The van der Waals surface area contributed by atoms with Crippen molar-refractivity contribution in [3.63, 3.8) is 0 Å².